The van der Waals surface area contributed by atoms with Gasteiger partial charge in [0.25, 0.3) is 10.1 Å². The largest absolute Gasteiger partial charge is 0.506 e. The second-order valence-electron chi connectivity index (χ2n) is 2.95. The molecule has 0 bridgehead atoms. The van der Waals surface area contributed by atoms with Crippen molar-refractivity contribution < 1.29 is 18.1 Å². The van der Waals surface area contributed by atoms with Crippen LogP contribution in [0.15, 0.2) is 28.2 Å². The van der Waals surface area contributed by atoms with Gasteiger partial charge in [0, 0.05) is 0 Å². The Balaban J connectivity index is 3.16. The van der Waals surface area contributed by atoms with E-state index in [-0.39, 0.29) is 11.4 Å². The van der Waals surface area contributed by atoms with Crippen molar-refractivity contribution in [1.29, 1.82) is 10.5 Å². The van der Waals surface area contributed by atoms with Gasteiger partial charge in [-0.2, -0.15) is 24.0 Å². The molecule has 0 fully saturated rings. The van der Waals surface area contributed by atoms with E-state index in [1.807, 2.05) is 0 Å². The van der Waals surface area contributed by atoms with Gasteiger partial charge >= 0.3 is 0 Å². The van der Waals surface area contributed by atoms with E-state index < -0.39 is 20.7 Å². The first-order valence-electron chi connectivity index (χ1n) is 4.33. The lowest BCUT2D eigenvalue weighted by atomic mass is 10.3. The third-order valence-corrected chi connectivity index (χ3v) is 2.62. The maximum atomic E-state index is 10.9. The topological polar surface area (TPSA) is 147 Å². The van der Waals surface area contributed by atoms with Gasteiger partial charge in [0.2, 0.25) is 5.71 Å². The monoisotopic (exact) mass is 266 g/mol. The van der Waals surface area contributed by atoms with Crippen molar-refractivity contribution in [2.24, 2.45) is 5.10 Å². The van der Waals surface area contributed by atoms with Crippen LogP contribution in [0.5, 0.6) is 5.75 Å². The summed E-state index contributed by atoms with van der Waals surface area (Å²) in [5, 5.41) is 29.5. The van der Waals surface area contributed by atoms with Gasteiger partial charge in [0.1, 0.15) is 17.9 Å². The van der Waals surface area contributed by atoms with Crippen LogP contribution < -0.4 is 5.43 Å². The summed E-state index contributed by atoms with van der Waals surface area (Å²) < 4.78 is 30.5. The van der Waals surface area contributed by atoms with Crippen LogP contribution in [0.1, 0.15) is 0 Å². The molecule has 0 amide bonds. The molecule has 0 unspecified atom stereocenters. The molecule has 0 spiro atoms. The van der Waals surface area contributed by atoms with Crippen molar-refractivity contribution in [3.05, 3.63) is 18.2 Å². The fraction of sp³-hybridized carbons (Fsp3) is 0. The molecule has 0 heterocycles. The summed E-state index contributed by atoms with van der Waals surface area (Å²) in [4.78, 5) is -0.464. The van der Waals surface area contributed by atoms with E-state index in [9.17, 15) is 13.5 Å². The van der Waals surface area contributed by atoms with Gasteiger partial charge < -0.3 is 5.11 Å². The Morgan fingerprint density at radius 2 is 1.94 bits per heavy atom. The minimum atomic E-state index is -4.42. The number of nitrogens with one attached hydrogen (secondary N) is 1. The number of benzene rings is 1. The van der Waals surface area contributed by atoms with Crippen LogP contribution in [0, 0.1) is 22.7 Å². The Labute approximate surface area is 102 Å². The molecule has 0 saturated carbocycles. The molecule has 0 aliphatic carbocycles. The van der Waals surface area contributed by atoms with Crippen molar-refractivity contribution in [2.45, 2.75) is 4.90 Å². The minimum absolute atomic E-state index is 0.173. The molecule has 1 aromatic rings. The number of rotatable bonds is 3. The molecular weight excluding hydrogens is 260 g/mol. The number of hydrogen-bond donors (Lipinski definition) is 3. The Morgan fingerprint density at radius 1 is 1.33 bits per heavy atom. The Hall–Kier alpha value is -2.62. The number of anilines is 1. The van der Waals surface area contributed by atoms with Crippen molar-refractivity contribution >= 4 is 21.5 Å². The van der Waals surface area contributed by atoms with Crippen molar-refractivity contribution in [3.63, 3.8) is 0 Å². The first-order chi connectivity index (χ1) is 8.38. The molecule has 1 rings (SSSR count). The third kappa shape index (κ3) is 3.18. The Kier molecular flexibility index (Phi) is 3.84. The number of phenols is 1. The molecule has 0 aliphatic heterocycles. The summed E-state index contributed by atoms with van der Waals surface area (Å²) >= 11 is 0. The summed E-state index contributed by atoms with van der Waals surface area (Å²) in [6.07, 6.45) is 0. The first kappa shape index (κ1) is 13.4. The molecule has 18 heavy (non-hydrogen) atoms. The number of aromatic hydroxyl groups is 1. The molecule has 1 aromatic carbocycles. The summed E-state index contributed by atoms with van der Waals surface area (Å²) in [6.45, 7) is 0. The Bertz CT molecular complexity index is 665. The number of nitrogens with zero attached hydrogens (tertiary/aromatic N) is 3. The molecule has 0 aliphatic rings. The highest BCUT2D eigenvalue weighted by molar-refractivity contribution is 7.85. The SMILES string of the molecule is N#CC(C#N)=NNc1cc(S(=O)(=O)O)ccc1O. The predicted octanol–water partition coefficient (Wildman–Crippen LogP) is 0.454. The van der Waals surface area contributed by atoms with Gasteiger partial charge in [-0.3, -0.25) is 9.98 Å². The van der Waals surface area contributed by atoms with Gasteiger partial charge in [-0.05, 0) is 18.2 Å². The zero-order chi connectivity index (χ0) is 13.8. The fourth-order valence-electron chi connectivity index (χ4n) is 0.956. The average molecular weight is 266 g/mol. The molecule has 0 atom stereocenters. The lowest BCUT2D eigenvalue weighted by Gasteiger charge is -2.04. The zero-order valence-electron chi connectivity index (χ0n) is 8.69. The molecular formula is C9H6N4O4S. The third-order valence-electron chi connectivity index (χ3n) is 1.77. The van der Waals surface area contributed by atoms with Crippen LogP contribution in [0.3, 0.4) is 0 Å². The smallest absolute Gasteiger partial charge is 0.294 e. The maximum absolute atomic E-state index is 10.9. The van der Waals surface area contributed by atoms with E-state index >= 15 is 0 Å². The van der Waals surface area contributed by atoms with Gasteiger partial charge in [-0.1, -0.05) is 0 Å². The van der Waals surface area contributed by atoms with Gasteiger partial charge in [0.05, 0.1) is 10.6 Å². The van der Waals surface area contributed by atoms with E-state index in [4.69, 9.17) is 15.1 Å². The summed E-state index contributed by atoms with van der Waals surface area (Å²) in [5.74, 6) is -0.360. The van der Waals surface area contributed by atoms with Crippen LogP contribution in [0.25, 0.3) is 0 Å². The second-order valence-corrected chi connectivity index (χ2v) is 4.37. The van der Waals surface area contributed by atoms with Crippen LogP contribution in [-0.2, 0) is 10.1 Å². The van der Waals surface area contributed by atoms with Crippen LogP contribution in [0.2, 0.25) is 0 Å². The lowest BCUT2D eigenvalue weighted by molar-refractivity contribution is 0.474. The zero-order valence-corrected chi connectivity index (χ0v) is 9.51. The number of hydrazone groups is 1. The number of nitriles is 2. The van der Waals surface area contributed by atoms with Crippen LogP contribution in [-0.4, -0.2) is 23.8 Å². The summed E-state index contributed by atoms with van der Waals surface area (Å²) in [7, 11) is -4.42. The normalized spacial score (nSPS) is 9.94. The number of phenolic OH excluding ortho intramolecular Hbond substituents is 1. The molecule has 8 nitrogen and oxygen atoms in total. The second kappa shape index (κ2) is 5.14. The lowest BCUT2D eigenvalue weighted by Crippen LogP contribution is -2.01. The first-order valence-corrected chi connectivity index (χ1v) is 5.77. The van der Waals surface area contributed by atoms with Crippen molar-refractivity contribution in [2.75, 3.05) is 5.43 Å². The molecule has 0 radical (unpaired) electrons. The standard InChI is InChI=1S/C9H6N4O4S/c10-4-6(5-11)12-13-8-3-7(18(15,16)17)1-2-9(8)14/h1-3,13-14H,(H,15,16,17). The average Bonchev–Trinajstić information content (AvgIpc) is 2.31. The number of hydrogen-bond acceptors (Lipinski definition) is 7. The van der Waals surface area contributed by atoms with Crippen LogP contribution in [0.4, 0.5) is 5.69 Å². The highest BCUT2D eigenvalue weighted by Gasteiger charge is 2.12. The van der Waals surface area contributed by atoms with Crippen LogP contribution >= 0.6 is 0 Å². The summed E-state index contributed by atoms with van der Waals surface area (Å²) in [6, 6.07) is 5.82. The minimum Gasteiger partial charge on any atom is -0.506 e. The van der Waals surface area contributed by atoms with E-state index in [1.165, 1.54) is 12.1 Å². The highest BCUT2D eigenvalue weighted by atomic mass is 32.2. The Morgan fingerprint density at radius 3 is 2.44 bits per heavy atom. The van der Waals surface area contributed by atoms with Crippen molar-refractivity contribution in [3.8, 4) is 17.9 Å². The fourth-order valence-corrected chi connectivity index (χ4v) is 1.46. The van der Waals surface area contributed by atoms with Gasteiger partial charge in [-0.25, -0.2) is 0 Å². The van der Waals surface area contributed by atoms with E-state index in [2.05, 4.69) is 10.5 Å². The maximum Gasteiger partial charge on any atom is 0.294 e. The predicted molar refractivity (Wildman–Crippen MR) is 60.2 cm³/mol. The molecule has 92 valence electrons. The molecule has 9 heteroatoms. The van der Waals surface area contributed by atoms with Crippen molar-refractivity contribution in [1.82, 2.24) is 0 Å². The summed E-state index contributed by atoms with van der Waals surface area (Å²) in [5.41, 5.74) is 1.46. The van der Waals surface area contributed by atoms with E-state index in [0.29, 0.717) is 0 Å². The highest BCUT2D eigenvalue weighted by Crippen LogP contribution is 2.26. The van der Waals surface area contributed by atoms with E-state index in [1.54, 1.807) is 0 Å². The molecule has 0 aromatic heterocycles. The molecule has 0 saturated heterocycles. The molecule has 3 N–H and O–H groups in total. The van der Waals surface area contributed by atoms with E-state index in [0.717, 1.165) is 18.2 Å². The quantitative estimate of drug-likeness (QED) is 0.311. The van der Waals surface area contributed by atoms with Gasteiger partial charge in [-0.15, -0.1) is 0 Å². The van der Waals surface area contributed by atoms with Gasteiger partial charge in [0.15, 0.2) is 0 Å².